The highest BCUT2D eigenvalue weighted by Gasteiger charge is 2.29. The van der Waals surface area contributed by atoms with Gasteiger partial charge < -0.3 is 10.6 Å². The van der Waals surface area contributed by atoms with Crippen LogP contribution in [-0.2, 0) is 4.79 Å². The molecule has 4 nitrogen and oxygen atoms in total. The Morgan fingerprint density at radius 3 is 2.76 bits per heavy atom. The third-order valence-corrected chi connectivity index (χ3v) is 4.97. The summed E-state index contributed by atoms with van der Waals surface area (Å²) in [5, 5.41) is 6.17. The van der Waals surface area contributed by atoms with Crippen LogP contribution in [0.25, 0.3) is 0 Å². The molecule has 0 radical (unpaired) electrons. The van der Waals surface area contributed by atoms with Crippen LogP contribution in [0.3, 0.4) is 0 Å². The van der Waals surface area contributed by atoms with Gasteiger partial charge in [0, 0.05) is 29.3 Å². The lowest BCUT2D eigenvalue weighted by Crippen LogP contribution is -2.41. The predicted molar refractivity (Wildman–Crippen MR) is 102 cm³/mol. The van der Waals surface area contributed by atoms with Crippen LogP contribution in [0.4, 0.5) is 15.8 Å². The summed E-state index contributed by atoms with van der Waals surface area (Å²) in [7, 11) is 0. The molecule has 1 aliphatic rings. The van der Waals surface area contributed by atoms with E-state index in [9.17, 15) is 9.18 Å². The molecule has 0 saturated carbocycles. The summed E-state index contributed by atoms with van der Waals surface area (Å²) in [6, 6.07) is 14.7. The van der Waals surface area contributed by atoms with E-state index < -0.39 is 5.82 Å². The second-order valence-corrected chi connectivity index (χ2v) is 7.20. The molecule has 1 aliphatic heterocycles. The molecular weight excluding hydrogens is 385 g/mol. The highest BCUT2D eigenvalue weighted by molar-refractivity contribution is 9.10. The predicted octanol–water partition coefficient (Wildman–Crippen LogP) is 4.10. The average molecular weight is 406 g/mol. The van der Waals surface area contributed by atoms with Crippen molar-refractivity contribution in [3.63, 3.8) is 0 Å². The van der Waals surface area contributed by atoms with Crippen molar-refractivity contribution in [3.8, 4) is 0 Å². The Morgan fingerprint density at radius 2 is 2.04 bits per heavy atom. The maximum atomic E-state index is 13.9. The van der Waals surface area contributed by atoms with Gasteiger partial charge in [0.25, 0.3) is 0 Å². The van der Waals surface area contributed by atoms with Crippen molar-refractivity contribution in [2.75, 3.05) is 23.7 Å². The molecule has 0 aromatic heterocycles. The lowest BCUT2D eigenvalue weighted by atomic mass is 10.2. The second kappa shape index (κ2) is 7.97. The minimum atomic E-state index is -0.444. The highest BCUT2D eigenvalue weighted by Crippen LogP contribution is 2.21. The minimum Gasteiger partial charge on any atom is -0.381 e. The zero-order chi connectivity index (χ0) is 17.8. The molecule has 0 aliphatic carbocycles. The quantitative estimate of drug-likeness (QED) is 0.786. The molecule has 25 heavy (non-hydrogen) atoms. The molecular formula is C19H21BrFN3O. The van der Waals surface area contributed by atoms with Gasteiger partial charge in [-0.1, -0.05) is 34.1 Å². The zero-order valence-corrected chi connectivity index (χ0v) is 15.6. The third-order valence-electron chi connectivity index (χ3n) is 4.48. The van der Waals surface area contributed by atoms with Gasteiger partial charge in [-0.3, -0.25) is 9.69 Å². The first-order valence-corrected chi connectivity index (χ1v) is 9.14. The first kappa shape index (κ1) is 17.9. The number of nitrogens with zero attached hydrogens (tertiary/aromatic N) is 1. The summed E-state index contributed by atoms with van der Waals surface area (Å²) in [5.41, 5.74) is 1.29. The fraction of sp³-hybridized carbons (Fsp3) is 0.316. The fourth-order valence-corrected chi connectivity index (χ4v) is 3.35. The number of hydrogen-bond acceptors (Lipinski definition) is 3. The maximum absolute atomic E-state index is 13.9. The summed E-state index contributed by atoms with van der Waals surface area (Å²) in [4.78, 5) is 14.6. The molecule has 132 valence electrons. The SMILES string of the molecule is CC(C(=O)Nc1ccc(Br)cc1F)N1CCC(Nc2ccccc2)C1. The van der Waals surface area contributed by atoms with Gasteiger partial charge in [0.1, 0.15) is 5.82 Å². The van der Waals surface area contributed by atoms with Gasteiger partial charge in [0.15, 0.2) is 0 Å². The number of carbonyl (C=O) groups excluding carboxylic acids is 1. The Balaban J connectivity index is 1.56. The lowest BCUT2D eigenvalue weighted by Gasteiger charge is -2.24. The number of anilines is 2. The molecule has 1 saturated heterocycles. The number of carbonyl (C=O) groups is 1. The maximum Gasteiger partial charge on any atom is 0.241 e. The number of nitrogens with one attached hydrogen (secondary N) is 2. The Labute approximate surface area is 155 Å². The van der Waals surface area contributed by atoms with Gasteiger partial charge in [0.05, 0.1) is 11.7 Å². The molecule has 1 amide bonds. The van der Waals surface area contributed by atoms with Crippen LogP contribution in [0.15, 0.2) is 53.0 Å². The van der Waals surface area contributed by atoms with Crippen molar-refractivity contribution in [2.24, 2.45) is 0 Å². The van der Waals surface area contributed by atoms with Crippen molar-refractivity contribution < 1.29 is 9.18 Å². The van der Waals surface area contributed by atoms with E-state index in [1.54, 1.807) is 12.1 Å². The molecule has 0 spiro atoms. The van der Waals surface area contributed by atoms with E-state index >= 15 is 0 Å². The van der Waals surface area contributed by atoms with Gasteiger partial charge in [0.2, 0.25) is 5.91 Å². The van der Waals surface area contributed by atoms with Gasteiger partial charge >= 0.3 is 0 Å². The molecule has 2 aromatic carbocycles. The van der Waals surface area contributed by atoms with Crippen molar-refractivity contribution in [2.45, 2.75) is 25.4 Å². The molecule has 2 unspecified atom stereocenters. The van der Waals surface area contributed by atoms with Gasteiger partial charge in [-0.05, 0) is 43.7 Å². The molecule has 3 rings (SSSR count). The highest BCUT2D eigenvalue weighted by atomic mass is 79.9. The number of benzene rings is 2. The van der Waals surface area contributed by atoms with E-state index in [4.69, 9.17) is 0 Å². The van der Waals surface area contributed by atoms with Gasteiger partial charge in [-0.15, -0.1) is 0 Å². The van der Waals surface area contributed by atoms with E-state index in [0.717, 1.165) is 25.2 Å². The normalized spacial score (nSPS) is 18.8. The van der Waals surface area contributed by atoms with Gasteiger partial charge in [-0.2, -0.15) is 0 Å². The molecule has 6 heteroatoms. The van der Waals surface area contributed by atoms with E-state index in [1.165, 1.54) is 6.07 Å². The van der Waals surface area contributed by atoms with E-state index in [0.29, 0.717) is 10.5 Å². The van der Waals surface area contributed by atoms with E-state index in [-0.39, 0.29) is 17.6 Å². The summed E-state index contributed by atoms with van der Waals surface area (Å²) in [5.74, 6) is -0.637. The van der Waals surface area contributed by atoms with E-state index in [1.807, 2.05) is 37.3 Å². The standard InChI is InChI=1S/C19H21BrFN3O/c1-13(19(25)23-18-8-7-14(20)11-17(18)21)24-10-9-16(12-24)22-15-5-3-2-4-6-15/h2-8,11,13,16,22H,9-10,12H2,1H3,(H,23,25). The van der Waals surface area contributed by atoms with Crippen LogP contribution in [-0.4, -0.2) is 36.0 Å². The average Bonchev–Trinajstić information content (AvgIpc) is 3.06. The fourth-order valence-electron chi connectivity index (χ4n) is 3.02. The van der Waals surface area contributed by atoms with Crippen molar-refractivity contribution in [3.05, 3.63) is 58.8 Å². The molecule has 2 N–H and O–H groups in total. The monoisotopic (exact) mass is 405 g/mol. The summed E-state index contributed by atoms with van der Waals surface area (Å²) < 4.78 is 14.5. The van der Waals surface area contributed by atoms with E-state index in [2.05, 4.69) is 31.5 Å². The third kappa shape index (κ3) is 4.58. The molecule has 1 fully saturated rings. The second-order valence-electron chi connectivity index (χ2n) is 6.28. The lowest BCUT2D eigenvalue weighted by molar-refractivity contribution is -0.120. The van der Waals surface area contributed by atoms with Crippen LogP contribution in [0.5, 0.6) is 0 Å². The minimum absolute atomic E-state index is 0.193. The smallest absolute Gasteiger partial charge is 0.241 e. The van der Waals surface area contributed by atoms with Crippen LogP contribution >= 0.6 is 15.9 Å². The zero-order valence-electron chi connectivity index (χ0n) is 14.0. The number of likely N-dealkylation sites (tertiary alicyclic amines) is 1. The van der Waals surface area contributed by atoms with Gasteiger partial charge in [-0.25, -0.2) is 4.39 Å². The Hall–Kier alpha value is -1.92. The summed E-state index contributed by atoms with van der Waals surface area (Å²) >= 11 is 3.21. The Morgan fingerprint density at radius 1 is 1.28 bits per heavy atom. The summed E-state index contributed by atoms with van der Waals surface area (Å²) in [6.07, 6.45) is 0.971. The van der Waals surface area contributed by atoms with Crippen LogP contribution < -0.4 is 10.6 Å². The molecule has 2 atom stereocenters. The number of rotatable bonds is 5. The van der Waals surface area contributed by atoms with Crippen LogP contribution in [0, 0.1) is 5.82 Å². The van der Waals surface area contributed by atoms with Crippen LogP contribution in [0.1, 0.15) is 13.3 Å². The number of amides is 1. The van der Waals surface area contributed by atoms with Crippen molar-refractivity contribution in [1.82, 2.24) is 4.90 Å². The number of halogens is 2. The molecule has 2 aromatic rings. The van der Waals surface area contributed by atoms with Crippen molar-refractivity contribution in [1.29, 1.82) is 0 Å². The topological polar surface area (TPSA) is 44.4 Å². The number of hydrogen-bond donors (Lipinski definition) is 2. The number of para-hydroxylation sites is 1. The Bertz CT molecular complexity index is 741. The largest absolute Gasteiger partial charge is 0.381 e. The molecule has 1 heterocycles. The summed E-state index contributed by atoms with van der Waals surface area (Å²) in [6.45, 7) is 3.48. The first-order valence-electron chi connectivity index (χ1n) is 8.34. The van der Waals surface area contributed by atoms with Crippen molar-refractivity contribution >= 4 is 33.2 Å². The molecule has 0 bridgehead atoms. The van der Waals surface area contributed by atoms with Crippen LogP contribution in [0.2, 0.25) is 0 Å². The Kier molecular flexibility index (Phi) is 5.71. The first-order chi connectivity index (χ1) is 12.0.